The Morgan fingerprint density at radius 2 is 1.84 bits per heavy atom. The fourth-order valence-corrected chi connectivity index (χ4v) is 3.77. The molecule has 1 aromatic carbocycles. The molecule has 1 aliphatic rings. The molecule has 0 radical (unpaired) electrons. The lowest BCUT2D eigenvalue weighted by Crippen LogP contribution is -2.34. The first-order chi connectivity index (χ1) is 15.5. The normalized spacial score (nSPS) is 14.2. The second-order valence-corrected chi connectivity index (χ2v) is 7.89. The second kappa shape index (κ2) is 11.8. The molecule has 2 heterocycles. The van der Waals surface area contributed by atoms with E-state index < -0.39 is 0 Å². The zero-order valence-electron chi connectivity index (χ0n) is 18.9. The molecule has 32 heavy (non-hydrogen) atoms. The summed E-state index contributed by atoms with van der Waals surface area (Å²) in [6.45, 7) is 8.88. The van der Waals surface area contributed by atoms with Crippen molar-refractivity contribution < 1.29 is 19.0 Å². The Morgan fingerprint density at radius 1 is 1.16 bits per heavy atom. The predicted molar refractivity (Wildman–Crippen MR) is 125 cm³/mol. The van der Waals surface area contributed by atoms with Gasteiger partial charge in [-0.25, -0.2) is 0 Å². The molecule has 9 heteroatoms. The summed E-state index contributed by atoms with van der Waals surface area (Å²) in [4.78, 5) is 7.47. The minimum Gasteiger partial charge on any atom is -0.493 e. The first kappa shape index (κ1) is 23.9. The average Bonchev–Trinajstić information content (AvgIpc) is 2.83. The van der Waals surface area contributed by atoms with Crippen molar-refractivity contribution >= 4 is 23.1 Å². The van der Waals surface area contributed by atoms with Gasteiger partial charge < -0.3 is 19.1 Å². The first-order valence-electron chi connectivity index (χ1n) is 10.8. The Hall–Kier alpha value is -2.71. The van der Waals surface area contributed by atoms with Gasteiger partial charge in [0.15, 0.2) is 22.5 Å². The first-order valence-corrected chi connectivity index (χ1v) is 11.1. The summed E-state index contributed by atoms with van der Waals surface area (Å²) in [7, 11) is 3.22. The van der Waals surface area contributed by atoms with Crippen molar-refractivity contribution in [2.45, 2.75) is 26.2 Å². The fourth-order valence-electron chi connectivity index (χ4n) is 3.67. The number of benzene rings is 1. The maximum atomic E-state index is 6.11. The van der Waals surface area contributed by atoms with Gasteiger partial charge in [-0.1, -0.05) is 18.2 Å². The lowest BCUT2D eigenvalue weighted by molar-refractivity contribution is 0.0901. The van der Waals surface area contributed by atoms with Crippen molar-refractivity contribution in [3.8, 4) is 17.2 Å². The van der Waals surface area contributed by atoms with Crippen LogP contribution in [0.5, 0.6) is 17.2 Å². The SMILES string of the molecule is C=C(NOCC)c1cc(OC)c(OCCC2CCN(c3ccc(Cl)nn3)CC2)c(OC)c1. The molecule has 0 unspecified atom stereocenters. The van der Waals surface area contributed by atoms with Crippen molar-refractivity contribution in [3.05, 3.63) is 41.6 Å². The van der Waals surface area contributed by atoms with Crippen LogP contribution in [0.4, 0.5) is 5.82 Å². The van der Waals surface area contributed by atoms with Gasteiger partial charge in [0.1, 0.15) is 0 Å². The van der Waals surface area contributed by atoms with Gasteiger partial charge in [-0.2, -0.15) is 0 Å². The van der Waals surface area contributed by atoms with E-state index in [1.165, 1.54) is 0 Å². The maximum absolute atomic E-state index is 6.11. The number of nitrogens with zero attached hydrogens (tertiary/aromatic N) is 3. The van der Waals surface area contributed by atoms with Crippen molar-refractivity contribution in [1.82, 2.24) is 15.7 Å². The molecular formula is C23H31ClN4O4. The number of hydrogen-bond acceptors (Lipinski definition) is 8. The smallest absolute Gasteiger partial charge is 0.203 e. The minimum absolute atomic E-state index is 0.412. The average molecular weight is 463 g/mol. The molecule has 8 nitrogen and oxygen atoms in total. The molecule has 1 saturated heterocycles. The number of anilines is 1. The Bertz CT molecular complexity index is 861. The van der Waals surface area contributed by atoms with E-state index in [4.69, 9.17) is 30.6 Å². The van der Waals surface area contributed by atoms with Gasteiger partial charge in [0.25, 0.3) is 0 Å². The molecule has 0 saturated carbocycles. The zero-order valence-corrected chi connectivity index (χ0v) is 19.7. The van der Waals surface area contributed by atoms with Crippen LogP contribution in [0.2, 0.25) is 5.15 Å². The van der Waals surface area contributed by atoms with E-state index in [1.54, 1.807) is 20.3 Å². The molecule has 0 bridgehead atoms. The van der Waals surface area contributed by atoms with Crippen LogP contribution in [0, 0.1) is 5.92 Å². The van der Waals surface area contributed by atoms with Crippen LogP contribution in [0.15, 0.2) is 30.8 Å². The number of rotatable bonds is 11. The van der Waals surface area contributed by atoms with E-state index in [0.717, 1.165) is 43.7 Å². The number of piperidine rings is 1. The lowest BCUT2D eigenvalue weighted by atomic mass is 9.94. The van der Waals surface area contributed by atoms with E-state index in [2.05, 4.69) is 27.2 Å². The summed E-state index contributed by atoms with van der Waals surface area (Å²) in [5, 5.41) is 8.52. The maximum Gasteiger partial charge on any atom is 0.203 e. The van der Waals surface area contributed by atoms with E-state index in [1.807, 2.05) is 25.1 Å². The number of ether oxygens (including phenoxy) is 3. The van der Waals surface area contributed by atoms with Crippen LogP contribution in [-0.2, 0) is 4.84 Å². The summed E-state index contributed by atoms with van der Waals surface area (Å²) in [5.74, 6) is 3.23. The topological polar surface area (TPSA) is 78.0 Å². The van der Waals surface area contributed by atoms with Crippen molar-refractivity contribution in [1.29, 1.82) is 0 Å². The monoisotopic (exact) mass is 462 g/mol. The van der Waals surface area contributed by atoms with Crippen LogP contribution in [-0.4, -0.2) is 50.7 Å². The largest absolute Gasteiger partial charge is 0.493 e. The van der Waals surface area contributed by atoms with E-state index >= 15 is 0 Å². The van der Waals surface area contributed by atoms with Crippen LogP contribution < -0.4 is 24.6 Å². The zero-order chi connectivity index (χ0) is 22.9. The molecule has 2 aromatic rings. The molecule has 0 atom stereocenters. The molecule has 0 spiro atoms. The standard InChI is InChI=1S/C23H31ClN4O4/c1-5-32-27-16(2)18-14-19(29-3)23(20(15-18)30-4)31-13-10-17-8-11-28(12-9-17)22-7-6-21(24)25-26-22/h6-7,14-15,17,27H,2,5,8-13H2,1,3-4H3. The van der Waals surface area contributed by atoms with Crippen LogP contribution in [0.25, 0.3) is 5.70 Å². The highest BCUT2D eigenvalue weighted by Crippen LogP contribution is 2.40. The number of hydrogen-bond donors (Lipinski definition) is 1. The van der Waals surface area contributed by atoms with Crippen LogP contribution >= 0.6 is 11.6 Å². The second-order valence-electron chi connectivity index (χ2n) is 7.51. The van der Waals surface area contributed by atoms with Gasteiger partial charge in [-0.15, -0.1) is 10.2 Å². The third-order valence-corrected chi connectivity index (χ3v) is 5.68. The van der Waals surface area contributed by atoms with Crippen LogP contribution in [0.3, 0.4) is 0 Å². The molecule has 174 valence electrons. The molecule has 1 fully saturated rings. The number of nitrogens with one attached hydrogen (secondary N) is 1. The number of halogens is 1. The third kappa shape index (κ3) is 6.17. The van der Waals surface area contributed by atoms with Crippen molar-refractivity contribution in [3.63, 3.8) is 0 Å². The fraction of sp³-hybridized carbons (Fsp3) is 0.478. The van der Waals surface area contributed by atoms with Gasteiger partial charge in [0, 0.05) is 18.7 Å². The molecule has 0 amide bonds. The molecule has 1 aromatic heterocycles. The Morgan fingerprint density at radius 3 is 2.41 bits per heavy atom. The van der Waals surface area contributed by atoms with E-state index in [0.29, 0.717) is 47.2 Å². The van der Waals surface area contributed by atoms with Gasteiger partial charge in [-0.3, -0.25) is 10.3 Å². The Balaban J connectivity index is 1.55. The van der Waals surface area contributed by atoms with Gasteiger partial charge >= 0.3 is 0 Å². The Kier molecular flexibility index (Phi) is 8.81. The summed E-state index contributed by atoms with van der Waals surface area (Å²) in [6.07, 6.45) is 3.10. The quantitative estimate of drug-likeness (QED) is 0.494. The summed E-state index contributed by atoms with van der Waals surface area (Å²) in [5.41, 5.74) is 4.23. The highest BCUT2D eigenvalue weighted by molar-refractivity contribution is 6.29. The van der Waals surface area contributed by atoms with Gasteiger partial charge in [0.2, 0.25) is 5.75 Å². The molecule has 0 aliphatic carbocycles. The summed E-state index contributed by atoms with van der Waals surface area (Å²) >= 11 is 5.83. The van der Waals surface area contributed by atoms with Crippen molar-refractivity contribution in [2.24, 2.45) is 5.92 Å². The molecule has 1 aliphatic heterocycles. The lowest BCUT2D eigenvalue weighted by Gasteiger charge is -2.32. The van der Waals surface area contributed by atoms with Gasteiger partial charge in [0.05, 0.1) is 33.1 Å². The van der Waals surface area contributed by atoms with Crippen molar-refractivity contribution in [2.75, 3.05) is 45.4 Å². The van der Waals surface area contributed by atoms with Gasteiger partial charge in [-0.05, 0) is 56.4 Å². The van der Waals surface area contributed by atoms with E-state index in [-0.39, 0.29) is 0 Å². The van der Waals surface area contributed by atoms with E-state index in [9.17, 15) is 0 Å². The van der Waals surface area contributed by atoms with Crippen LogP contribution in [0.1, 0.15) is 31.7 Å². The molecule has 3 rings (SSSR count). The summed E-state index contributed by atoms with van der Waals surface area (Å²) in [6, 6.07) is 7.41. The molecular weight excluding hydrogens is 432 g/mol. The number of hydroxylamine groups is 1. The predicted octanol–water partition coefficient (Wildman–Crippen LogP) is 4.34. The Labute approximate surface area is 194 Å². The number of aromatic nitrogens is 2. The third-order valence-electron chi connectivity index (χ3n) is 5.48. The summed E-state index contributed by atoms with van der Waals surface area (Å²) < 4.78 is 17.2. The molecule has 1 N–H and O–H groups in total. The highest BCUT2D eigenvalue weighted by Gasteiger charge is 2.21. The number of methoxy groups -OCH3 is 2. The highest BCUT2D eigenvalue weighted by atomic mass is 35.5. The minimum atomic E-state index is 0.412.